The van der Waals surface area contributed by atoms with E-state index < -0.39 is 6.04 Å². The molecule has 6 nitrogen and oxygen atoms in total. The molecule has 3 aromatic rings. The number of aromatic nitrogens is 2. The Morgan fingerprint density at radius 1 is 1.25 bits per heavy atom. The van der Waals surface area contributed by atoms with E-state index in [2.05, 4.69) is 9.97 Å². The fourth-order valence-corrected chi connectivity index (χ4v) is 3.35. The lowest BCUT2D eigenvalue weighted by molar-refractivity contribution is -0.144. The van der Waals surface area contributed by atoms with E-state index in [0.29, 0.717) is 13.0 Å². The normalized spacial score (nSPS) is 14.8. The van der Waals surface area contributed by atoms with Gasteiger partial charge in [0.1, 0.15) is 11.7 Å². The molecule has 1 aromatic carbocycles. The van der Waals surface area contributed by atoms with Crippen LogP contribution in [0, 0.1) is 5.92 Å². The third-order valence-electron chi connectivity index (χ3n) is 5.08. The summed E-state index contributed by atoms with van der Waals surface area (Å²) in [5.41, 5.74) is 10.2. The molecule has 6 heteroatoms. The second kappa shape index (κ2) is 7.56. The lowest BCUT2D eigenvalue weighted by Crippen LogP contribution is -2.34. The van der Waals surface area contributed by atoms with Gasteiger partial charge in [0.05, 0.1) is 6.61 Å². The van der Waals surface area contributed by atoms with E-state index in [4.69, 9.17) is 10.5 Å². The molecule has 4 rings (SSSR count). The predicted molar refractivity (Wildman–Crippen MR) is 107 cm³/mol. The zero-order valence-corrected chi connectivity index (χ0v) is 15.8. The van der Waals surface area contributed by atoms with Gasteiger partial charge in [0.2, 0.25) is 0 Å². The van der Waals surface area contributed by atoms with E-state index in [-0.39, 0.29) is 17.7 Å². The summed E-state index contributed by atoms with van der Waals surface area (Å²) in [7, 11) is 0. The Hall–Kier alpha value is -2.99. The summed E-state index contributed by atoms with van der Waals surface area (Å²) in [6.07, 6.45) is 5.95. The van der Waals surface area contributed by atoms with Crippen molar-refractivity contribution in [2.45, 2.75) is 32.2 Å². The molecule has 0 radical (unpaired) electrons. The molecule has 0 unspecified atom stereocenters. The molecule has 28 heavy (non-hydrogen) atoms. The molecular formula is C22H23N3O3. The van der Waals surface area contributed by atoms with Crippen LogP contribution < -0.4 is 5.73 Å². The van der Waals surface area contributed by atoms with Crippen LogP contribution in [0.1, 0.15) is 35.7 Å². The summed E-state index contributed by atoms with van der Waals surface area (Å²) >= 11 is 0. The number of hydrogen-bond acceptors (Lipinski definition) is 5. The molecule has 2 heterocycles. The van der Waals surface area contributed by atoms with Crippen molar-refractivity contribution >= 4 is 22.8 Å². The van der Waals surface area contributed by atoms with Crippen molar-refractivity contribution in [2.75, 3.05) is 6.61 Å². The number of hydrogen-bond donors (Lipinski definition) is 2. The monoisotopic (exact) mass is 377 g/mol. The maximum absolute atomic E-state index is 12.5. The van der Waals surface area contributed by atoms with Crippen LogP contribution in [0.4, 0.5) is 0 Å². The molecule has 2 aromatic heterocycles. The topological polar surface area (TPSA) is 98.1 Å². The maximum atomic E-state index is 12.5. The predicted octanol–water partition coefficient (Wildman–Crippen LogP) is 3.26. The standard InChI is InChI=1S/C22H23N3O3/c1-2-28-22(27)19(23)9-13-3-5-14(6-4-13)16-10-17-18(20(26)15-7-8-15)12-25-21(17)24-11-16/h3-6,10-12,15,19H,2,7-9,23H2,1H3,(H,24,25)/t19-/m0/s1. The van der Waals surface area contributed by atoms with Crippen molar-refractivity contribution in [1.82, 2.24) is 9.97 Å². The Bertz CT molecular complexity index is 1020. The van der Waals surface area contributed by atoms with Crippen LogP contribution in [0.3, 0.4) is 0 Å². The molecular weight excluding hydrogens is 354 g/mol. The molecule has 1 atom stereocenters. The summed E-state index contributed by atoms with van der Waals surface area (Å²) in [6, 6.07) is 9.20. The molecule has 0 saturated heterocycles. The quantitative estimate of drug-likeness (QED) is 0.486. The van der Waals surface area contributed by atoms with E-state index in [9.17, 15) is 9.59 Å². The van der Waals surface area contributed by atoms with E-state index in [1.165, 1.54) is 0 Å². The Morgan fingerprint density at radius 2 is 2.00 bits per heavy atom. The molecule has 0 amide bonds. The van der Waals surface area contributed by atoms with Gasteiger partial charge in [-0.05, 0) is 43.4 Å². The van der Waals surface area contributed by atoms with Crippen LogP contribution in [0.15, 0.2) is 42.7 Å². The first-order valence-corrected chi connectivity index (χ1v) is 9.59. The average molecular weight is 377 g/mol. The Labute approximate surface area is 163 Å². The summed E-state index contributed by atoms with van der Waals surface area (Å²) in [6.45, 7) is 2.09. The van der Waals surface area contributed by atoms with Crippen LogP contribution in [-0.4, -0.2) is 34.4 Å². The minimum atomic E-state index is -0.667. The highest BCUT2D eigenvalue weighted by Crippen LogP contribution is 2.35. The SMILES string of the molecule is CCOC(=O)[C@@H](N)Cc1ccc(-c2cnc3[nH]cc(C(=O)C4CC4)c3c2)cc1. The molecule has 0 bridgehead atoms. The molecule has 1 aliphatic carbocycles. The fourth-order valence-electron chi connectivity index (χ4n) is 3.35. The number of Topliss-reactive ketones (excluding diaryl/α,β-unsaturated/α-hetero) is 1. The smallest absolute Gasteiger partial charge is 0.323 e. The van der Waals surface area contributed by atoms with E-state index in [0.717, 1.165) is 46.1 Å². The van der Waals surface area contributed by atoms with Gasteiger partial charge in [-0.3, -0.25) is 9.59 Å². The summed E-state index contributed by atoms with van der Waals surface area (Å²) in [4.78, 5) is 31.7. The molecule has 0 spiro atoms. The highest BCUT2D eigenvalue weighted by atomic mass is 16.5. The number of carbonyl (C=O) groups excluding carboxylic acids is 2. The number of fused-ring (bicyclic) bond motifs is 1. The molecule has 1 aliphatic rings. The number of aromatic amines is 1. The second-order valence-corrected chi connectivity index (χ2v) is 7.22. The minimum absolute atomic E-state index is 0.172. The first-order chi connectivity index (χ1) is 13.6. The molecule has 0 aliphatic heterocycles. The largest absolute Gasteiger partial charge is 0.465 e. The van der Waals surface area contributed by atoms with Crippen LogP contribution in [0.2, 0.25) is 0 Å². The third-order valence-corrected chi connectivity index (χ3v) is 5.08. The fraction of sp³-hybridized carbons (Fsp3) is 0.318. The number of nitrogens with one attached hydrogen (secondary N) is 1. The van der Waals surface area contributed by atoms with Crippen molar-refractivity contribution < 1.29 is 14.3 Å². The third kappa shape index (κ3) is 3.68. The van der Waals surface area contributed by atoms with Crippen LogP contribution >= 0.6 is 0 Å². The van der Waals surface area contributed by atoms with Gasteiger partial charge in [0.15, 0.2) is 5.78 Å². The van der Waals surface area contributed by atoms with Gasteiger partial charge in [-0.25, -0.2) is 4.98 Å². The molecule has 1 fully saturated rings. The van der Waals surface area contributed by atoms with Gasteiger partial charge in [0, 0.05) is 34.8 Å². The van der Waals surface area contributed by atoms with Gasteiger partial charge in [-0.15, -0.1) is 0 Å². The molecule has 144 valence electrons. The van der Waals surface area contributed by atoms with Crippen LogP contribution in [0.25, 0.3) is 22.2 Å². The van der Waals surface area contributed by atoms with Crippen molar-refractivity contribution in [3.05, 3.63) is 53.9 Å². The maximum Gasteiger partial charge on any atom is 0.323 e. The molecule has 1 saturated carbocycles. The number of nitrogens with zero attached hydrogens (tertiary/aromatic N) is 1. The highest BCUT2D eigenvalue weighted by molar-refractivity contribution is 6.09. The number of rotatable bonds is 7. The van der Waals surface area contributed by atoms with Crippen molar-refractivity contribution in [3.8, 4) is 11.1 Å². The number of ether oxygens (including phenoxy) is 1. The van der Waals surface area contributed by atoms with E-state index in [1.807, 2.05) is 30.3 Å². The van der Waals surface area contributed by atoms with Gasteiger partial charge in [-0.1, -0.05) is 24.3 Å². The van der Waals surface area contributed by atoms with E-state index >= 15 is 0 Å². The lowest BCUT2D eigenvalue weighted by atomic mass is 10.00. The second-order valence-electron chi connectivity index (χ2n) is 7.22. The summed E-state index contributed by atoms with van der Waals surface area (Å²) < 4.78 is 4.95. The summed E-state index contributed by atoms with van der Waals surface area (Å²) in [5, 5.41) is 0.864. The Balaban J connectivity index is 1.55. The van der Waals surface area contributed by atoms with Crippen LogP contribution in [0.5, 0.6) is 0 Å². The number of carbonyl (C=O) groups is 2. The zero-order valence-electron chi connectivity index (χ0n) is 15.8. The van der Waals surface area contributed by atoms with Gasteiger partial charge in [0.25, 0.3) is 0 Å². The van der Waals surface area contributed by atoms with Crippen molar-refractivity contribution in [3.63, 3.8) is 0 Å². The lowest BCUT2D eigenvalue weighted by Gasteiger charge is -2.11. The van der Waals surface area contributed by atoms with Gasteiger partial charge in [-0.2, -0.15) is 0 Å². The summed E-state index contributed by atoms with van der Waals surface area (Å²) in [5.74, 6) is -0.0133. The first-order valence-electron chi connectivity index (χ1n) is 9.59. The first kappa shape index (κ1) is 18.4. The average Bonchev–Trinajstić information content (AvgIpc) is 3.47. The number of ketones is 1. The van der Waals surface area contributed by atoms with Gasteiger partial charge >= 0.3 is 5.97 Å². The van der Waals surface area contributed by atoms with Gasteiger partial charge < -0.3 is 15.5 Å². The van der Waals surface area contributed by atoms with Crippen molar-refractivity contribution in [1.29, 1.82) is 0 Å². The Kier molecular flexibility index (Phi) is 4.96. The number of benzene rings is 1. The number of esters is 1. The zero-order chi connectivity index (χ0) is 19.7. The number of pyridine rings is 1. The van der Waals surface area contributed by atoms with Crippen molar-refractivity contribution in [2.24, 2.45) is 11.7 Å². The minimum Gasteiger partial charge on any atom is -0.465 e. The van der Waals surface area contributed by atoms with Crippen LogP contribution in [-0.2, 0) is 16.0 Å². The molecule has 3 N–H and O–H groups in total. The van der Waals surface area contributed by atoms with E-state index in [1.54, 1.807) is 19.3 Å². The Morgan fingerprint density at radius 3 is 2.68 bits per heavy atom. The number of nitrogens with two attached hydrogens (primary N) is 1. The number of H-pyrrole nitrogens is 1. The highest BCUT2D eigenvalue weighted by Gasteiger charge is 2.32.